The Morgan fingerprint density at radius 2 is 2.05 bits per heavy atom. The summed E-state index contributed by atoms with van der Waals surface area (Å²) in [5.41, 5.74) is 1.78. The van der Waals surface area contributed by atoms with Crippen LogP contribution in [0.5, 0.6) is 0 Å². The molecule has 2 heterocycles. The molecule has 7 nitrogen and oxygen atoms in total. The van der Waals surface area contributed by atoms with Gasteiger partial charge in [-0.1, -0.05) is 43.5 Å². The zero-order valence-electron chi connectivity index (χ0n) is 12.0. The standard InChI is InChI=1S/C13H20N6O/c1-3-5-6-7-8-11-12(4-2)19(17-15-11)13(20)18-10-9-14-16-18/h9-10H,3-8H2,1-2H3. The van der Waals surface area contributed by atoms with Crippen LogP contribution in [-0.4, -0.2) is 36.0 Å². The van der Waals surface area contributed by atoms with Gasteiger partial charge in [0, 0.05) is 0 Å². The maximum Gasteiger partial charge on any atom is 0.372 e. The first-order valence-corrected chi connectivity index (χ1v) is 7.12. The number of unbranched alkanes of at least 4 members (excludes halogenated alkanes) is 3. The van der Waals surface area contributed by atoms with Crippen molar-refractivity contribution in [3.05, 3.63) is 23.8 Å². The third-order valence-corrected chi connectivity index (χ3v) is 3.25. The van der Waals surface area contributed by atoms with Crippen molar-refractivity contribution in [2.45, 2.75) is 52.4 Å². The largest absolute Gasteiger partial charge is 0.372 e. The van der Waals surface area contributed by atoms with E-state index in [4.69, 9.17) is 0 Å². The molecular weight excluding hydrogens is 256 g/mol. The molecule has 0 saturated carbocycles. The van der Waals surface area contributed by atoms with Crippen molar-refractivity contribution in [2.75, 3.05) is 0 Å². The quantitative estimate of drug-likeness (QED) is 0.755. The fraction of sp³-hybridized carbons (Fsp3) is 0.615. The van der Waals surface area contributed by atoms with E-state index in [1.165, 1.54) is 36.3 Å². The van der Waals surface area contributed by atoms with E-state index < -0.39 is 0 Å². The molecule has 0 fully saturated rings. The summed E-state index contributed by atoms with van der Waals surface area (Å²) in [6.07, 6.45) is 9.26. The second-order valence-corrected chi connectivity index (χ2v) is 4.69. The topological polar surface area (TPSA) is 78.5 Å². The van der Waals surface area contributed by atoms with Crippen molar-refractivity contribution in [3.8, 4) is 0 Å². The van der Waals surface area contributed by atoms with Gasteiger partial charge >= 0.3 is 6.03 Å². The average Bonchev–Trinajstić information content (AvgIpc) is 3.11. The average molecular weight is 276 g/mol. The van der Waals surface area contributed by atoms with Gasteiger partial charge in [0.1, 0.15) is 0 Å². The van der Waals surface area contributed by atoms with Gasteiger partial charge in [-0.25, -0.2) is 4.79 Å². The monoisotopic (exact) mass is 276 g/mol. The summed E-state index contributed by atoms with van der Waals surface area (Å²) < 4.78 is 2.48. The molecule has 0 N–H and O–H groups in total. The number of hydrogen-bond acceptors (Lipinski definition) is 5. The van der Waals surface area contributed by atoms with Gasteiger partial charge in [0.15, 0.2) is 0 Å². The first-order chi connectivity index (χ1) is 9.77. The van der Waals surface area contributed by atoms with Crippen molar-refractivity contribution >= 4 is 6.03 Å². The lowest BCUT2D eigenvalue weighted by atomic mass is 10.1. The third kappa shape index (κ3) is 3.09. The zero-order valence-corrected chi connectivity index (χ0v) is 12.0. The van der Waals surface area contributed by atoms with Crippen molar-refractivity contribution in [1.29, 1.82) is 0 Å². The van der Waals surface area contributed by atoms with E-state index in [2.05, 4.69) is 27.5 Å². The Morgan fingerprint density at radius 1 is 1.20 bits per heavy atom. The van der Waals surface area contributed by atoms with Gasteiger partial charge in [-0.15, -0.1) is 10.2 Å². The van der Waals surface area contributed by atoms with Gasteiger partial charge < -0.3 is 0 Å². The number of hydrogen-bond donors (Lipinski definition) is 0. The Morgan fingerprint density at radius 3 is 2.70 bits per heavy atom. The first kappa shape index (κ1) is 14.4. The summed E-state index contributed by atoms with van der Waals surface area (Å²) in [6, 6.07) is -0.341. The predicted octanol–water partition coefficient (Wildman–Crippen LogP) is 2.07. The van der Waals surface area contributed by atoms with E-state index in [1.807, 2.05) is 6.92 Å². The lowest BCUT2D eigenvalue weighted by Crippen LogP contribution is -2.23. The second kappa shape index (κ2) is 6.93. The summed E-state index contributed by atoms with van der Waals surface area (Å²) in [5.74, 6) is 0. The van der Waals surface area contributed by atoms with Crippen LogP contribution in [0.2, 0.25) is 0 Å². The van der Waals surface area contributed by atoms with Crippen LogP contribution < -0.4 is 0 Å². The highest BCUT2D eigenvalue weighted by molar-refractivity contribution is 5.77. The Labute approximate surface area is 118 Å². The molecule has 0 aliphatic rings. The molecule has 0 spiro atoms. The van der Waals surface area contributed by atoms with Crippen LogP contribution in [0.3, 0.4) is 0 Å². The molecule has 2 aromatic heterocycles. The van der Waals surface area contributed by atoms with E-state index >= 15 is 0 Å². The SMILES string of the molecule is CCCCCCc1nnn(C(=O)n2ccnn2)c1CC. The van der Waals surface area contributed by atoms with Crippen molar-refractivity contribution in [2.24, 2.45) is 0 Å². The molecule has 108 valence electrons. The fourth-order valence-electron chi connectivity index (χ4n) is 2.16. The fourth-order valence-corrected chi connectivity index (χ4v) is 2.16. The number of nitrogens with zero attached hydrogens (tertiary/aromatic N) is 6. The van der Waals surface area contributed by atoms with Gasteiger partial charge in [-0.05, 0) is 19.3 Å². The van der Waals surface area contributed by atoms with Crippen LogP contribution in [0.25, 0.3) is 0 Å². The minimum absolute atomic E-state index is 0.341. The van der Waals surface area contributed by atoms with Gasteiger partial charge in [-0.3, -0.25) is 0 Å². The van der Waals surface area contributed by atoms with Crippen LogP contribution in [0.4, 0.5) is 4.79 Å². The van der Waals surface area contributed by atoms with E-state index in [9.17, 15) is 4.79 Å². The molecule has 0 aliphatic carbocycles. The van der Waals surface area contributed by atoms with E-state index in [1.54, 1.807) is 0 Å². The Hall–Kier alpha value is -2.05. The molecule has 7 heteroatoms. The molecule has 0 radical (unpaired) electrons. The van der Waals surface area contributed by atoms with Gasteiger partial charge in [0.05, 0.1) is 23.8 Å². The number of rotatable bonds is 6. The second-order valence-electron chi connectivity index (χ2n) is 4.69. The number of aromatic nitrogens is 6. The Bertz CT molecular complexity index is 545. The number of aryl methyl sites for hydroxylation is 1. The van der Waals surface area contributed by atoms with Crippen LogP contribution in [0.15, 0.2) is 12.4 Å². The van der Waals surface area contributed by atoms with Crippen molar-refractivity contribution in [3.63, 3.8) is 0 Å². The molecular formula is C13H20N6O. The molecule has 0 saturated heterocycles. The normalized spacial score (nSPS) is 10.9. The molecule has 2 aromatic rings. The number of carbonyl (C=O) groups is 1. The summed E-state index contributed by atoms with van der Waals surface area (Å²) in [7, 11) is 0. The molecule has 20 heavy (non-hydrogen) atoms. The van der Waals surface area contributed by atoms with E-state index in [-0.39, 0.29) is 6.03 Å². The lowest BCUT2D eigenvalue weighted by Gasteiger charge is -2.04. The highest BCUT2D eigenvalue weighted by Crippen LogP contribution is 2.12. The van der Waals surface area contributed by atoms with Crippen molar-refractivity contribution in [1.82, 2.24) is 30.0 Å². The summed E-state index contributed by atoms with van der Waals surface area (Å²) in [4.78, 5) is 12.2. The lowest BCUT2D eigenvalue weighted by molar-refractivity contribution is 0.236. The first-order valence-electron chi connectivity index (χ1n) is 7.12. The van der Waals surface area contributed by atoms with E-state index in [0.29, 0.717) is 0 Å². The molecule has 0 atom stereocenters. The maximum absolute atomic E-state index is 12.2. The Balaban J connectivity index is 2.11. The predicted molar refractivity (Wildman–Crippen MR) is 73.5 cm³/mol. The van der Waals surface area contributed by atoms with Gasteiger partial charge in [0.25, 0.3) is 0 Å². The highest BCUT2D eigenvalue weighted by atomic mass is 16.2. The minimum Gasteiger partial charge on any atom is -0.243 e. The van der Waals surface area contributed by atoms with Gasteiger partial charge in [0.2, 0.25) is 0 Å². The molecule has 0 unspecified atom stereocenters. The molecule has 0 aliphatic heterocycles. The summed E-state index contributed by atoms with van der Waals surface area (Å²) in [6.45, 7) is 4.18. The van der Waals surface area contributed by atoms with Crippen LogP contribution in [0, 0.1) is 0 Å². The van der Waals surface area contributed by atoms with Crippen LogP contribution >= 0.6 is 0 Å². The van der Waals surface area contributed by atoms with Crippen LogP contribution in [-0.2, 0) is 12.8 Å². The summed E-state index contributed by atoms with van der Waals surface area (Å²) in [5, 5.41) is 15.4. The highest BCUT2D eigenvalue weighted by Gasteiger charge is 2.18. The summed E-state index contributed by atoms with van der Waals surface area (Å²) >= 11 is 0. The van der Waals surface area contributed by atoms with Crippen LogP contribution in [0.1, 0.15) is 50.9 Å². The number of carbonyl (C=O) groups excluding carboxylic acids is 1. The molecule has 0 bridgehead atoms. The molecule has 2 rings (SSSR count). The third-order valence-electron chi connectivity index (χ3n) is 3.25. The minimum atomic E-state index is -0.341. The molecule has 0 amide bonds. The molecule has 0 aromatic carbocycles. The van der Waals surface area contributed by atoms with Crippen molar-refractivity contribution < 1.29 is 4.79 Å². The Kier molecular flexibility index (Phi) is 4.97. The smallest absolute Gasteiger partial charge is 0.243 e. The zero-order chi connectivity index (χ0) is 14.4. The maximum atomic E-state index is 12.2. The van der Waals surface area contributed by atoms with Gasteiger partial charge in [-0.2, -0.15) is 9.36 Å². The van der Waals surface area contributed by atoms with E-state index in [0.717, 1.165) is 35.3 Å².